The SMILES string of the molecule is Cc1cc(C)cc(C(O)CCN2CC(O)C(O)C2)c1. The zero-order valence-electron chi connectivity index (χ0n) is 11.6. The Hall–Kier alpha value is -0.940. The van der Waals surface area contributed by atoms with E-state index in [-0.39, 0.29) is 0 Å². The second kappa shape index (κ2) is 6.01. The fraction of sp³-hybridized carbons (Fsp3) is 0.600. The van der Waals surface area contributed by atoms with Crippen LogP contribution < -0.4 is 0 Å². The number of likely N-dealkylation sites (tertiary alicyclic amines) is 1. The number of hydrogen-bond acceptors (Lipinski definition) is 4. The van der Waals surface area contributed by atoms with Crippen LogP contribution >= 0.6 is 0 Å². The predicted molar refractivity (Wildman–Crippen MR) is 73.9 cm³/mol. The maximum absolute atomic E-state index is 10.2. The second-order valence-electron chi connectivity index (χ2n) is 5.62. The fourth-order valence-electron chi connectivity index (χ4n) is 2.70. The van der Waals surface area contributed by atoms with Crippen molar-refractivity contribution < 1.29 is 15.3 Å². The summed E-state index contributed by atoms with van der Waals surface area (Å²) >= 11 is 0. The fourth-order valence-corrected chi connectivity index (χ4v) is 2.70. The molecule has 0 amide bonds. The molecule has 0 spiro atoms. The first-order chi connectivity index (χ1) is 8.95. The van der Waals surface area contributed by atoms with Gasteiger partial charge in [0.2, 0.25) is 0 Å². The van der Waals surface area contributed by atoms with Gasteiger partial charge in [0.15, 0.2) is 0 Å². The van der Waals surface area contributed by atoms with E-state index in [4.69, 9.17) is 0 Å². The second-order valence-corrected chi connectivity index (χ2v) is 5.62. The Morgan fingerprint density at radius 1 is 1.11 bits per heavy atom. The van der Waals surface area contributed by atoms with Crippen molar-refractivity contribution in [2.45, 2.75) is 38.6 Å². The summed E-state index contributed by atoms with van der Waals surface area (Å²) in [5.74, 6) is 0. The van der Waals surface area contributed by atoms with Crippen molar-refractivity contribution >= 4 is 0 Å². The largest absolute Gasteiger partial charge is 0.389 e. The number of aliphatic hydroxyl groups is 3. The van der Waals surface area contributed by atoms with Crippen LogP contribution in [0, 0.1) is 13.8 Å². The Morgan fingerprint density at radius 3 is 2.16 bits per heavy atom. The van der Waals surface area contributed by atoms with Crippen LogP contribution in [0.5, 0.6) is 0 Å². The number of aryl methyl sites for hydroxylation is 2. The molecule has 1 aliphatic heterocycles. The van der Waals surface area contributed by atoms with E-state index in [1.54, 1.807) is 0 Å². The topological polar surface area (TPSA) is 63.9 Å². The summed E-state index contributed by atoms with van der Waals surface area (Å²) in [6.07, 6.45) is -1.19. The number of nitrogens with zero attached hydrogens (tertiary/aromatic N) is 1. The lowest BCUT2D eigenvalue weighted by Crippen LogP contribution is -2.24. The van der Waals surface area contributed by atoms with E-state index >= 15 is 0 Å². The molecule has 2 rings (SSSR count). The minimum atomic E-state index is -0.654. The first-order valence-corrected chi connectivity index (χ1v) is 6.80. The van der Waals surface area contributed by atoms with Crippen molar-refractivity contribution in [2.75, 3.05) is 19.6 Å². The number of benzene rings is 1. The molecule has 106 valence electrons. The number of β-amino-alcohol motifs (C(OH)–C–C–N with tert-alkyl or cyclic N) is 2. The van der Waals surface area contributed by atoms with Gasteiger partial charge in [-0.25, -0.2) is 0 Å². The van der Waals surface area contributed by atoms with E-state index < -0.39 is 18.3 Å². The molecular formula is C15H23NO3. The maximum Gasteiger partial charge on any atom is 0.0938 e. The van der Waals surface area contributed by atoms with Gasteiger partial charge in [0, 0.05) is 19.6 Å². The van der Waals surface area contributed by atoms with Crippen LogP contribution in [0.4, 0.5) is 0 Å². The molecule has 19 heavy (non-hydrogen) atoms. The Bertz CT molecular complexity index is 405. The zero-order chi connectivity index (χ0) is 14.0. The Morgan fingerprint density at radius 2 is 1.63 bits per heavy atom. The molecule has 1 fully saturated rings. The first-order valence-electron chi connectivity index (χ1n) is 6.80. The van der Waals surface area contributed by atoms with E-state index in [0.717, 1.165) is 16.7 Å². The molecule has 0 aliphatic carbocycles. The van der Waals surface area contributed by atoms with E-state index in [1.807, 2.05) is 30.9 Å². The highest BCUT2D eigenvalue weighted by Gasteiger charge is 2.29. The standard InChI is InChI=1S/C15H23NO3/c1-10-5-11(2)7-12(6-10)13(17)3-4-16-8-14(18)15(19)9-16/h5-7,13-15,17-19H,3-4,8-9H2,1-2H3. The third-order valence-electron chi connectivity index (χ3n) is 3.68. The summed E-state index contributed by atoms with van der Waals surface area (Å²) < 4.78 is 0. The monoisotopic (exact) mass is 265 g/mol. The lowest BCUT2D eigenvalue weighted by molar-refractivity contribution is 0.0572. The van der Waals surface area contributed by atoms with Gasteiger partial charge in [-0.15, -0.1) is 0 Å². The van der Waals surface area contributed by atoms with E-state index in [2.05, 4.69) is 6.07 Å². The predicted octanol–water partition coefficient (Wildman–Crippen LogP) is 0.764. The van der Waals surface area contributed by atoms with Gasteiger partial charge >= 0.3 is 0 Å². The van der Waals surface area contributed by atoms with Gasteiger partial charge < -0.3 is 15.3 Å². The first kappa shape index (κ1) is 14.5. The lowest BCUT2D eigenvalue weighted by atomic mass is 10.0. The summed E-state index contributed by atoms with van der Waals surface area (Å²) in [6.45, 7) is 5.70. The third kappa shape index (κ3) is 3.76. The van der Waals surface area contributed by atoms with Gasteiger partial charge in [-0.1, -0.05) is 29.3 Å². The summed E-state index contributed by atoms with van der Waals surface area (Å²) in [6, 6.07) is 6.10. The van der Waals surface area contributed by atoms with Gasteiger partial charge in [0.25, 0.3) is 0 Å². The highest BCUT2D eigenvalue weighted by atomic mass is 16.3. The molecule has 3 atom stereocenters. The molecule has 1 aromatic carbocycles. The van der Waals surface area contributed by atoms with Crippen molar-refractivity contribution in [3.8, 4) is 0 Å². The van der Waals surface area contributed by atoms with Crippen LogP contribution in [0.25, 0.3) is 0 Å². The number of aliphatic hydroxyl groups excluding tert-OH is 3. The van der Waals surface area contributed by atoms with Crippen molar-refractivity contribution in [1.29, 1.82) is 0 Å². The molecule has 0 aromatic heterocycles. The quantitative estimate of drug-likeness (QED) is 0.752. The van der Waals surface area contributed by atoms with Crippen molar-refractivity contribution in [2.24, 2.45) is 0 Å². The molecule has 0 radical (unpaired) electrons. The normalized spacial score (nSPS) is 25.7. The molecular weight excluding hydrogens is 242 g/mol. The van der Waals surface area contributed by atoms with E-state index in [0.29, 0.717) is 26.1 Å². The Labute approximate surface area is 114 Å². The molecule has 1 saturated heterocycles. The molecule has 1 heterocycles. The molecule has 3 N–H and O–H groups in total. The summed E-state index contributed by atoms with van der Waals surface area (Å²) in [7, 11) is 0. The third-order valence-corrected chi connectivity index (χ3v) is 3.68. The minimum Gasteiger partial charge on any atom is -0.389 e. The Kier molecular flexibility index (Phi) is 4.58. The van der Waals surface area contributed by atoms with Crippen molar-refractivity contribution in [1.82, 2.24) is 4.90 Å². The van der Waals surface area contributed by atoms with E-state index in [1.165, 1.54) is 0 Å². The van der Waals surface area contributed by atoms with Crippen LogP contribution in [0.15, 0.2) is 18.2 Å². The highest BCUT2D eigenvalue weighted by molar-refractivity contribution is 5.29. The summed E-state index contributed by atoms with van der Waals surface area (Å²) in [5.41, 5.74) is 3.25. The van der Waals surface area contributed by atoms with Gasteiger partial charge in [-0.05, 0) is 25.8 Å². The van der Waals surface area contributed by atoms with Crippen LogP contribution in [0.1, 0.15) is 29.2 Å². The molecule has 1 aliphatic rings. The lowest BCUT2D eigenvalue weighted by Gasteiger charge is -2.18. The van der Waals surface area contributed by atoms with Gasteiger partial charge in [-0.3, -0.25) is 4.90 Å². The zero-order valence-corrected chi connectivity index (χ0v) is 11.6. The van der Waals surface area contributed by atoms with Gasteiger partial charge in [0.05, 0.1) is 18.3 Å². The van der Waals surface area contributed by atoms with Crippen molar-refractivity contribution in [3.63, 3.8) is 0 Å². The summed E-state index contributed by atoms with van der Waals surface area (Å²) in [4.78, 5) is 1.99. The average Bonchev–Trinajstić information content (AvgIpc) is 2.64. The smallest absolute Gasteiger partial charge is 0.0938 e. The van der Waals surface area contributed by atoms with E-state index in [9.17, 15) is 15.3 Å². The number of rotatable bonds is 4. The Balaban J connectivity index is 1.89. The van der Waals surface area contributed by atoms with Crippen LogP contribution in [-0.2, 0) is 0 Å². The molecule has 4 nitrogen and oxygen atoms in total. The molecule has 0 bridgehead atoms. The van der Waals surface area contributed by atoms with Crippen molar-refractivity contribution in [3.05, 3.63) is 34.9 Å². The molecule has 4 heteroatoms. The van der Waals surface area contributed by atoms with Gasteiger partial charge in [0.1, 0.15) is 0 Å². The number of hydrogen-bond donors (Lipinski definition) is 3. The average molecular weight is 265 g/mol. The van der Waals surface area contributed by atoms with Crippen LogP contribution in [-0.4, -0.2) is 52.1 Å². The van der Waals surface area contributed by atoms with Crippen LogP contribution in [0.2, 0.25) is 0 Å². The van der Waals surface area contributed by atoms with Crippen LogP contribution in [0.3, 0.4) is 0 Å². The van der Waals surface area contributed by atoms with Gasteiger partial charge in [-0.2, -0.15) is 0 Å². The molecule has 0 saturated carbocycles. The minimum absolute atomic E-state index is 0.487. The highest BCUT2D eigenvalue weighted by Crippen LogP contribution is 2.21. The molecule has 3 unspecified atom stereocenters. The molecule has 1 aromatic rings. The maximum atomic E-state index is 10.2. The summed E-state index contributed by atoms with van der Waals surface area (Å²) in [5, 5.41) is 29.1.